The van der Waals surface area contributed by atoms with E-state index in [-0.39, 0.29) is 36.3 Å². The number of hydrogen-bond acceptors (Lipinski definition) is 2. The van der Waals surface area contributed by atoms with Gasteiger partial charge in [-0.15, -0.1) is 0 Å². The fraction of sp³-hybridized carbons (Fsp3) is 0. The first-order valence-corrected chi connectivity index (χ1v) is 7.06. The summed E-state index contributed by atoms with van der Waals surface area (Å²) in [7, 11) is 0. The van der Waals surface area contributed by atoms with Crippen molar-refractivity contribution >= 4 is 0 Å². The molecule has 0 unspecified atom stereocenters. The average molecular weight is 420 g/mol. The molecular weight excluding hydrogens is 414 g/mol. The van der Waals surface area contributed by atoms with Crippen LogP contribution in [0, 0.1) is 23.3 Å². The molecule has 0 heterocycles. The second-order valence-corrected chi connectivity index (χ2v) is 4.85. The van der Waals surface area contributed by atoms with Crippen LogP contribution in [0.5, 0.6) is 11.5 Å². The van der Waals surface area contributed by atoms with Gasteiger partial charge in [0, 0.05) is 0 Å². The summed E-state index contributed by atoms with van der Waals surface area (Å²) in [6.07, 6.45) is 0. The molecule has 0 bridgehead atoms. The molecule has 0 amide bonds. The van der Waals surface area contributed by atoms with Gasteiger partial charge in [0.1, 0.15) is 0 Å². The molecule has 0 aromatic heterocycles. The van der Waals surface area contributed by atoms with Gasteiger partial charge in [-0.1, -0.05) is 0 Å². The van der Waals surface area contributed by atoms with Crippen molar-refractivity contribution in [2.45, 2.75) is 0 Å². The van der Waals surface area contributed by atoms with Gasteiger partial charge in [0.2, 0.25) is 0 Å². The van der Waals surface area contributed by atoms with E-state index < -0.39 is 47.4 Å². The topological polar surface area (TPSA) is 18.5 Å². The predicted octanol–water partition coefficient (Wildman–Crippen LogP) is -2.38. The van der Waals surface area contributed by atoms with Crippen LogP contribution in [0.2, 0.25) is 0 Å². The molecular formula is C12H6Cl2F4O2Zr. The minimum Gasteiger partial charge on any atom is -1.00 e. The van der Waals surface area contributed by atoms with Crippen LogP contribution >= 0.6 is 0 Å². The molecule has 0 radical (unpaired) electrons. The number of benzene rings is 2. The molecule has 0 fully saturated rings. The zero-order valence-electron chi connectivity index (χ0n) is 10.0. The Kier molecular flexibility index (Phi) is 8.94. The van der Waals surface area contributed by atoms with Crippen molar-refractivity contribution in [1.82, 2.24) is 0 Å². The van der Waals surface area contributed by atoms with Crippen molar-refractivity contribution in [2.75, 3.05) is 0 Å². The van der Waals surface area contributed by atoms with Crippen LogP contribution < -0.4 is 30.4 Å². The molecule has 0 N–H and O–H groups in total. The summed E-state index contributed by atoms with van der Waals surface area (Å²) < 4.78 is 61.3. The number of rotatable bonds is 4. The van der Waals surface area contributed by atoms with Crippen LogP contribution in [0.15, 0.2) is 36.4 Å². The molecule has 9 heteroatoms. The first kappa shape index (κ1) is 20.2. The summed E-state index contributed by atoms with van der Waals surface area (Å²) in [5.74, 6) is -3.73. The smallest absolute Gasteiger partial charge is 1.00 e. The molecule has 0 aliphatic carbocycles. The summed E-state index contributed by atoms with van der Waals surface area (Å²) in [4.78, 5) is 0. The molecule has 0 saturated heterocycles. The SMILES string of the molecule is Fc1ccc([O][Zr+2][O]c2ccc(F)c(F)c2)cc1F.[Cl-].[Cl-]. The van der Waals surface area contributed by atoms with Crippen molar-refractivity contribution in [3.8, 4) is 11.5 Å². The molecule has 2 nitrogen and oxygen atoms in total. The third kappa shape index (κ3) is 5.85. The molecule has 0 atom stereocenters. The molecule has 0 saturated carbocycles. The van der Waals surface area contributed by atoms with Crippen LogP contribution in [0.25, 0.3) is 0 Å². The van der Waals surface area contributed by atoms with Gasteiger partial charge in [0.15, 0.2) is 0 Å². The van der Waals surface area contributed by atoms with Gasteiger partial charge in [-0.05, 0) is 0 Å². The second-order valence-electron chi connectivity index (χ2n) is 3.44. The summed E-state index contributed by atoms with van der Waals surface area (Å²) in [5, 5.41) is 0. The Morgan fingerprint density at radius 2 is 1.00 bits per heavy atom. The van der Waals surface area contributed by atoms with Crippen LogP contribution in [-0.2, 0) is 24.1 Å². The number of hydrogen-bond donors (Lipinski definition) is 0. The summed E-state index contributed by atoms with van der Waals surface area (Å²) in [6, 6.07) is 6.17. The van der Waals surface area contributed by atoms with Crippen molar-refractivity contribution in [3.63, 3.8) is 0 Å². The Labute approximate surface area is 143 Å². The van der Waals surface area contributed by atoms with E-state index >= 15 is 0 Å². The van der Waals surface area contributed by atoms with Gasteiger partial charge < -0.3 is 24.8 Å². The van der Waals surface area contributed by atoms with Crippen molar-refractivity contribution < 1.29 is 72.1 Å². The monoisotopic (exact) mass is 418 g/mol. The van der Waals surface area contributed by atoms with Crippen molar-refractivity contribution in [3.05, 3.63) is 59.7 Å². The third-order valence-corrected chi connectivity index (χ3v) is 3.67. The van der Waals surface area contributed by atoms with E-state index in [0.29, 0.717) is 0 Å². The second kappa shape index (κ2) is 9.28. The fourth-order valence-electron chi connectivity index (χ4n) is 1.20. The predicted molar refractivity (Wildman–Crippen MR) is 54.0 cm³/mol. The van der Waals surface area contributed by atoms with E-state index in [1.54, 1.807) is 0 Å². The van der Waals surface area contributed by atoms with Crippen molar-refractivity contribution in [2.24, 2.45) is 0 Å². The number of halogens is 6. The van der Waals surface area contributed by atoms with Gasteiger partial charge in [0.05, 0.1) is 0 Å². The first-order chi connectivity index (χ1) is 9.06. The van der Waals surface area contributed by atoms with E-state index in [0.717, 1.165) is 24.3 Å². The van der Waals surface area contributed by atoms with E-state index in [1.165, 1.54) is 12.1 Å². The van der Waals surface area contributed by atoms with Crippen LogP contribution in [0.1, 0.15) is 0 Å². The molecule has 21 heavy (non-hydrogen) atoms. The Balaban J connectivity index is 0.00000200. The van der Waals surface area contributed by atoms with E-state index in [1.807, 2.05) is 0 Å². The minimum atomic E-state index is -1.90. The summed E-state index contributed by atoms with van der Waals surface area (Å²) >= 11 is -1.90. The maximum Gasteiger partial charge on any atom is -1.00 e. The normalized spacial score (nSPS) is 8.95. The minimum absolute atomic E-state index is 0. The zero-order chi connectivity index (χ0) is 13.8. The third-order valence-electron chi connectivity index (χ3n) is 2.10. The molecule has 0 aliphatic rings. The quantitative estimate of drug-likeness (QED) is 0.515. The fourth-order valence-corrected chi connectivity index (χ4v) is 2.40. The van der Waals surface area contributed by atoms with Crippen molar-refractivity contribution in [1.29, 1.82) is 0 Å². The standard InChI is InChI=1S/2C6H4F2O.2ClH.Zr/c2*7-5-2-1-4(9)3-6(5)8;;;/h2*1-3,9H;2*1H;/q;;;;+4/p-4. The Hall–Kier alpha value is -0.777. The molecule has 2 aromatic carbocycles. The molecule has 0 aliphatic heterocycles. The molecule has 0 spiro atoms. The summed E-state index contributed by atoms with van der Waals surface area (Å²) in [6.45, 7) is 0. The van der Waals surface area contributed by atoms with E-state index in [4.69, 9.17) is 5.63 Å². The maximum absolute atomic E-state index is 12.9. The first-order valence-electron chi connectivity index (χ1n) is 5.05. The largest absolute Gasteiger partial charge is 1.00 e. The Bertz CT molecular complexity index is 550. The molecule has 2 rings (SSSR count). The van der Waals surface area contributed by atoms with E-state index in [9.17, 15) is 17.6 Å². The Morgan fingerprint density at radius 1 is 0.619 bits per heavy atom. The van der Waals surface area contributed by atoms with Gasteiger partial charge in [-0.2, -0.15) is 0 Å². The van der Waals surface area contributed by atoms with Crippen LogP contribution in [0.3, 0.4) is 0 Å². The van der Waals surface area contributed by atoms with Gasteiger partial charge in [0.25, 0.3) is 0 Å². The van der Waals surface area contributed by atoms with Gasteiger partial charge >= 0.3 is 118 Å². The average Bonchev–Trinajstić information content (AvgIpc) is 2.38. The molecule has 2 aromatic rings. The summed E-state index contributed by atoms with van der Waals surface area (Å²) in [5.41, 5.74) is 0. The Morgan fingerprint density at radius 3 is 1.33 bits per heavy atom. The van der Waals surface area contributed by atoms with Crippen LogP contribution in [0.4, 0.5) is 17.6 Å². The molecule has 112 valence electrons. The van der Waals surface area contributed by atoms with Crippen LogP contribution in [-0.4, -0.2) is 0 Å². The van der Waals surface area contributed by atoms with Gasteiger partial charge in [-0.25, -0.2) is 0 Å². The van der Waals surface area contributed by atoms with Gasteiger partial charge in [-0.3, -0.25) is 0 Å². The van der Waals surface area contributed by atoms with E-state index in [2.05, 4.69) is 0 Å². The maximum atomic E-state index is 12.9. The zero-order valence-corrected chi connectivity index (χ0v) is 14.0.